The average molecular weight is 882 g/mol. The second-order valence-electron chi connectivity index (χ2n) is 10.2. The lowest BCUT2D eigenvalue weighted by atomic mass is 9.82. The predicted octanol–water partition coefficient (Wildman–Crippen LogP) is 11.0. The van der Waals surface area contributed by atoms with Crippen molar-refractivity contribution in [2.24, 2.45) is 0 Å². The fourth-order valence-corrected chi connectivity index (χ4v) is 3.26. The fourth-order valence-electron chi connectivity index (χ4n) is 3.26. The molecule has 0 saturated carbocycles. The van der Waals surface area contributed by atoms with Crippen LogP contribution in [0.2, 0.25) is 0 Å². The molecule has 0 heterocycles. The Kier molecular flexibility index (Phi) is 12.3. The molecule has 0 aromatic carbocycles. The van der Waals surface area contributed by atoms with Gasteiger partial charge in [0.05, 0.1) is 6.61 Å². The third-order valence-corrected chi connectivity index (χ3v) is 6.55. The number of carbonyl (C=O) groups is 1. The summed E-state index contributed by atoms with van der Waals surface area (Å²) in [7, 11) is 0. The molecule has 2 nitrogen and oxygen atoms in total. The van der Waals surface area contributed by atoms with E-state index in [-0.39, 0.29) is 0 Å². The van der Waals surface area contributed by atoms with E-state index in [1.54, 1.807) is 0 Å². The van der Waals surface area contributed by atoms with Gasteiger partial charge in [-0.1, -0.05) is 6.58 Å². The first kappa shape index (κ1) is 51.0. The lowest BCUT2D eigenvalue weighted by Crippen LogP contribution is -2.79. The van der Waals surface area contributed by atoms with Crippen molar-refractivity contribution in [3.63, 3.8) is 0 Å². The standard InChI is InChI=1S/C21H9F31O2/c1-3-54-6(53)5(2)4-7(22,23)8(24,25)9(26,27)10(28,29)11(30,31)12(32,33)13(34,35)14(36,37)15(38,39)16(40,41)17(42,43)18(44,45)19(46,47)20(48,49)21(50,51)52/h2-4H2,1H3. The summed E-state index contributed by atoms with van der Waals surface area (Å²) in [5.41, 5.74) is -2.21. The quantitative estimate of drug-likeness (QED) is 0.0827. The van der Waals surface area contributed by atoms with Crippen LogP contribution in [0.25, 0.3) is 0 Å². The van der Waals surface area contributed by atoms with Crippen LogP contribution in [0.5, 0.6) is 0 Å². The van der Waals surface area contributed by atoms with Crippen LogP contribution in [0.4, 0.5) is 136 Å². The Bertz CT molecular complexity index is 1400. The summed E-state index contributed by atoms with van der Waals surface area (Å²) in [6, 6.07) is 0. The van der Waals surface area contributed by atoms with Gasteiger partial charge < -0.3 is 4.74 Å². The van der Waals surface area contributed by atoms with E-state index in [2.05, 4.69) is 11.3 Å². The van der Waals surface area contributed by atoms with Crippen LogP contribution in [0.15, 0.2) is 12.2 Å². The average Bonchev–Trinajstić information content (AvgIpc) is 2.94. The molecular weight excluding hydrogens is 873 g/mol. The lowest BCUT2D eigenvalue weighted by Gasteiger charge is -2.46. The zero-order chi connectivity index (χ0) is 44.8. The van der Waals surface area contributed by atoms with Gasteiger partial charge in [0.1, 0.15) is 0 Å². The van der Waals surface area contributed by atoms with E-state index in [0.29, 0.717) is 0 Å². The van der Waals surface area contributed by atoms with Crippen molar-refractivity contribution in [1.29, 1.82) is 0 Å². The van der Waals surface area contributed by atoms with Gasteiger partial charge in [-0.25, -0.2) is 4.79 Å². The highest BCUT2D eigenvalue weighted by molar-refractivity contribution is 5.87. The number of rotatable bonds is 17. The first-order chi connectivity index (χ1) is 22.9. The second kappa shape index (κ2) is 13.0. The molecule has 33 heteroatoms. The molecule has 0 aromatic rings. The third-order valence-electron chi connectivity index (χ3n) is 6.55. The van der Waals surface area contributed by atoms with Crippen LogP contribution in [-0.4, -0.2) is 102 Å². The second-order valence-corrected chi connectivity index (χ2v) is 10.2. The van der Waals surface area contributed by atoms with E-state index in [1.807, 2.05) is 0 Å². The van der Waals surface area contributed by atoms with Crippen LogP contribution in [0.1, 0.15) is 13.3 Å². The number of carbonyl (C=O) groups excluding carboxylic acids is 1. The molecule has 54 heavy (non-hydrogen) atoms. The van der Waals surface area contributed by atoms with Crippen molar-refractivity contribution in [1.82, 2.24) is 0 Å². The lowest BCUT2D eigenvalue weighted by molar-refractivity contribution is -0.489. The first-order valence-electron chi connectivity index (χ1n) is 12.1. The maximum Gasteiger partial charge on any atom is 0.460 e. The van der Waals surface area contributed by atoms with E-state index in [4.69, 9.17) is 0 Å². The van der Waals surface area contributed by atoms with Gasteiger partial charge in [-0.05, 0) is 6.92 Å². The highest BCUT2D eigenvalue weighted by Gasteiger charge is 3.01. The van der Waals surface area contributed by atoms with Crippen molar-refractivity contribution >= 4 is 5.97 Å². The van der Waals surface area contributed by atoms with Crippen molar-refractivity contribution < 1.29 is 146 Å². The van der Waals surface area contributed by atoms with E-state index >= 15 is 0 Å². The van der Waals surface area contributed by atoms with Gasteiger partial charge in [0, 0.05) is 12.0 Å². The minimum Gasteiger partial charge on any atom is -0.463 e. The largest absolute Gasteiger partial charge is 0.463 e. The van der Waals surface area contributed by atoms with Crippen LogP contribution in [0.3, 0.4) is 0 Å². The molecule has 0 aliphatic rings. The van der Waals surface area contributed by atoms with E-state index in [9.17, 15) is 141 Å². The van der Waals surface area contributed by atoms with Gasteiger partial charge in [-0.3, -0.25) is 0 Å². The summed E-state index contributed by atoms with van der Waals surface area (Å²) in [6.45, 7) is 1.99. The minimum absolute atomic E-state index is 0.782. The van der Waals surface area contributed by atoms with Crippen molar-refractivity contribution in [3.8, 4) is 0 Å². The minimum atomic E-state index is -10.1. The number of hydrogen-bond donors (Lipinski definition) is 0. The van der Waals surface area contributed by atoms with Crippen molar-refractivity contribution in [3.05, 3.63) is 12.2 Å². The van der Waals surface area contributed by atoms with Gasteiger partial charge >= 0.3 is 95.1 Å². The Morgan fingerprint density at radius 2 is 0.556 bits per heavy atom. The Balaban J connectivity index is 7.58. The molecule has 0 atom stereocenters. The molecular formula is C21H9F31O2. The van der Waals surface area contributed by atoms with Crippen LogP contribution >= 0.6 is 0 Å². The molecule has 0 amide bonds. The van der Waals surface area contributed by atoms with Crippen LogP contribution in [-0.2, 0) is 9.53 Å². The summed E-state index contributed by atoms with van der Waals surface area (Å²) in [5, 5.41) is 0. The normalized spacial score (nSPS) is 16.4. The van der Waals surface area contributed by atoms with Gasteiger partial charge in [-0.2, -0.15) is 136 Å². The fraction of sp³-hybridized carbons (Fsp3) is 0.857. The molecule has 322 valence electrons. The molecule has 0 fully saturated rings. The van der Waals surface area contributed by atoms with Gasteiger partial charge in [0.2, 0.25) is 0 Å². The number of halogens is 31. The molecule has 0 saturated heterocycles. The van der Waals surface area contributed by atoms with E-state index in [0.717, 1.165) is 6.92 Å². The number of esters is 1. The van der Waals surface area contributed by atoms with Gasteiger partial charge in [0.25, 0.3) is 0 Å². The van der Waals surface area contributed by atoms with E-state index < -0.39 is 114 Å². The molecule has 0 aliphatic heterocycles. The summed E-state index contributed by atoms with van der Waals surface area (Å²) >= 11 is 0. The molecule has 0 aromatic heterocycles. The predicted molar refractivity (Wildman–Crippen MR) is 106 cm³/mol. The maximum atomic E-state index is 14.0. The SMILES string of the molecule is C=C(CC(F)(F)C(F)(F)C(F)(F)C(F)(F)C(F)(F)C(F)(F)C(F)(F)C(F)(F)C(F)(F)C(F)(F)C(F)(F)C(F)(F)C(F)(F)C(F)(F)C(F)(F)F)C(=O)OCC. The number of alkyl halides is 31. The Morgan fingerprint density at radius 3 is 0.741 bits per heavy atom. The van der Waals surface area contributed by atoms with Crippen molar-refractivity contribution in [2.45, 2.75) is 102 Å². The molecule has 0 N–H and O–H groups in total. The first-order valence-corrected chi connectivity index (χ1v) is 12.1. The van der Waals surface area contributed by atoms with Gasteiger partial charge in [-0.15, -0.1) is 0 Å². The molecule has 0 radical (unpaired) electrons. The molecule has 0 spiro atoms. The highest BCUT2D eigenvalue weighted by atomic mass is 19.4. The molecule has 0 rings (SSSR count). The highest BCUT2D eigenvalue weighted by Crippen LogP contribution is 2.69. The molecule has 0 unspecified atom stereocenters. The summed E-state index contributed by atoms with van der Waals surface area (Å²) in [6.07, 6.45) is -11.8. The van der Waals surface area contributed by atoms with Crippen LogP contribution in [0, 0.1) is 0 Å². The zero-order valence-electron chi connectivity index (χ0n) is 24.2. The maximum absolute atomic E-state index is 14.0. The topological polar surface area (TPSA) is 26.3 Å². The zero-order valence-corrected chi connectivity index (χ0v) is 24.2. The monoisotopic (exact) mass is 882 g/mol. The van der Waals surface area contributed by atoms with Crippen LogP contribution < -0.4 is 0 Å². The smallest absolute Gasteiger partial charge is 0.460 e. The summed E-state index contributed by atoms with van der Waals surface area (Å²) < 4.78 is 424. The summed E-state index contributed by atoms with van der Waals surface area (Å²) in [5.74, 6) is -135. The summed E-state index contributed by atoms with van der Waals surface area (Å²) in [4.78, 5) is 11.2. The van der Waals surface area contributed by atoms with Gasteiger partial charge in [0.15, 0.2) is 0 Å². The van der Waals surface area contributed by atoms with Crippen molar-refractivity contribution in [2.75, 3.05) is 6.61 Å². The Morgan fingerprint density at radius 1 is 0.370 bits per heavy atom. The Labute approximate surface area is 274 Å². The molecule has 0 aliphatic carbocycles. The number of ether oxygens (including phenoxy) is 1. The molecule has 0 bridgehead atoms. The number of hydrogen-bond acceptors (Lipinski definition) is 2. The van der Waals surface area contributed by atoms with E-state index in [1.165, 1.54) is 0 Å². The third kappa shape index (κ3) is 6.21. The Hall–Kier alpha value is -2.96.